The molecule has 0 radical (unpaired) electrons. The number of carboxylic acid groups (broad SMARTS) is 1. The Kier molecular flexibility index (Phi) is 4.04. The van der Waals surface area contributed by atoms with Crippen molar-refractivity contribution in [2.75, 3.05) is 0 Å². The summed E-state index contributed by atoms with van der Waals surface area (Å²) >= 11 is 0. The minimum Gasteiger partial charge on any atom is -0.480 e. The summed E-state index contributed by atoms with van der Waals surface area (Å²) in [4.78, 5) is 23.2. The molecule has 0 aromatic rings. The van der Waals surface area contributed by atoms with Crippen LogP contribution in [0.3, 0.4) is 0 Å². The zero-order valence-electron chi connectivity index (χ0n) is 13.0. The van der Waals surface area contributed by atoms with E-state index in [0.717, 1.165) is 19.3 Å². The minimum absolute atomic E-state index is 0.0601. The Labute approximate surface area is 116 Å². The van der Waals surface area contributed by atoms with Crippen LogP contribution in [0, 0.1) is 16.2 Å². The molecule has 19 heavy (non-hydrogen) atoms. The molecule has 4 heteroatoms. The van der Waals surface area contributed by atoms with Gasteiger partial charge in [0.15, 0.2) is 0 Å². The Morgan fingerprint density at radius 1 is 1.11 bits per heavy atom. The molecule has 0 heterocycles. The highest BCUT2D eigenvalue weighted by Crippen LogP contribution is 2.45. The molecular weight excluding hydrogens is 242 g/mol. The second-order valence-electron chi connectivity index (χ2n) is 8.01. The molecule has 4 nitrogen and oxygen atoms in total. The number of amides is 1. The third kappa shape index (κ3) is 3.95. The molecule has 0 aromatic carbocycles. The van der Waals surface area contributed by atoms with Gasteiger partial charge in [-0.05, 0) is 43.9 Å². The van der Waals surface area contributed by atoms with Crippen LogP contribution in [0.25, 0.3) is 0 Å². The Morgan fingerprint density at radius 2 is 1.53 bits per heavy atom. The monoisotopic (exact) mass is 269 g/mol. The van der Waals surface area contributed by atoms with Crippen LogP contribution in [0.4, 0.5) is 0 Å². The fourth-order valence-electron chi connectivity index (χ4n) is 3.41. The molecule has 1 saturated carbocycles. The van der Waals surface area contributed by atoms with Crippen molar-refractivity contribution in [2.24, 2.45) is 16.2 Å². The molecule has 0 unspecified atom stereocenters. The lowest BCUT2D eigenvalue weighted by Crippen LogP contribution is -2.51. The summed E-state index contributed by atoms with van der Waals surface area (Å²) < 4.78 is 0. The van der Waals surface area contributed by atoms with E-state index < -0.39 is 17.3 Å². The predicted molar refractivity (Wildman–Crippen MR) is 74.8 cm³/mol. The predicted octanol–water partition coefficient (Wildman–Crippen LogP) is 2.82. The third-order valence-electron chi connectivity index (χ3n) is 3.99. The molecule has 0 bridgehead atoms. The number of rotatable bonds is 3. The Morgan fingerprint density at radius 3 is 1.89 bits per heavy atom. The fourth-order valence-corrected chi connectivity index (χ4v) is 3.41. The zero-order valence-corrected chi connectivity index (χ0v) is 13.0. The number of hydrogen-bond donors (Lipinski definition) is 2. The summed E-state index contributed by atoms with van der Waals surface area (Å²) in [5, 5.41) is 12.0. The van der Waals surface area contributed by atoms with Gasteiger partial charge in [-0.15, -0.1) is 0 Å². The van der Waals surface area contributed by atoms with Gasteiger partial charge < -0.3 is 10.4 Å². The molecule has 0 aromatic heterocycles. The maximum atomic E-state index is 12.1. The molecule has 0 spiro atoms. The molecule has 0 atom stereocenters. The zero-order chi connectivity index (χ0) is 15.1. The molecule has 1 fully saturated rings. The lowest BCUT2D eigenvalue weighted by molar-refractivity contribution is -0.153. The van der Waals surface area contributed by atoms with Gasteiger partial charge in [-0.2, -0.15) is 0 Å². The first-order valence-corrected chi connectivity index (χ1v) is 6.90. The van der Waals surface area contributed by atoms with Gasteiger partial charge in [0.05, 0.1) is 0 Å². The van der Waals surface area contributed by atoms with Gasteiger partial charge in [-0.25, -0.2) is 0 Å². The quantitative estimate of drug-likeness (QED) is 0.774. The van der Waals surface area contributed by atoms with Gasteiger partial charge in [0, 0.05) is 6.04 Å². The topological polar surface area (TPSA) is 66.4 Å². The number of hydrogen-bond acceptors (Lipinski definition) is 2. The van der Waals surface area contributed by atoms with Crippen molar-refractivity contribution in [3.63, 3.8) is 0 Å². The van der Waals surface area contributed by atoms with Crippen LogP contribution in [0.15, 0.2) is 0 Å². The summed E-state index contributed by atoms with van der Waals surface area (Å²) in [5.41, 5.74) is -1.02. The Bertz CT molecular complexity index is 367. The first-order chi connectivity index (χ1) is 8.36. The molecule has 1 aliphatic rings. The highest BCUT2D eigenvalue weighted by atomic mass is 16.4. The van der Waals surface area contributed by atoms with Crippen LogP contribution in [0.1, 0.15) is 60.8 Å². The van der Waals surface area contributed by atoms with Crippen molar-refractivity contribution in [1.29, 1.82) is 0 Å². The van der Waals surface area contributed by atoms with E-state index in [1.54, 1.807) is 0 Å². The average molecular weight is 269 g/mol. The van der Waals surface area contributed by atoms with Gasteiger partial charge in [0.2, 0.25) is 5.91 Å². The molecular formula is C15H27NO3. The van der Waals surface area contributed by atoms with Crippen LogP contribution in [-0.4, -0.2) is 23.0 Å². The van der Waals surface area contributed by atoms with Crippen molar-refractivity contribution >= 4 is 11.9 Å². The van der Waals surface area contributed by atoms with Crippen molar-refractivity contribution in [3.8, 4) is 0 Å². The molecule has 1 aliphatic carbocycles. The van der Waals surface area contributed by atoms with E-state index in [1.807, 2.05) is 0 Å². The van der Waals surface area contributed by atoms with E-state index in [4.69, 9.17) is 5.11 Å². The van der Waals surface area contributed by atoms with Gasteiger partial charge in [-0.1, -0.05) is 27.7 Å². The molecule has 1 rings (SSSR count). The molecule has 0 saturated heterocycles. The average Bonchev–Trinajstić information content (AvgIpc) is 2.11. The summed E-state index contributed by atoms with van der Waals surface area (Å²) in [7, 11) is 0. The molecule has 110 valence electrons. The van der Waals surface area contributed by atoms with Gasteiger partial charge >= 0.3 is 5.97 Å². The number of carbonyl (C=O) groups is 2. The van der Waals surface area contributed by atoms with Crippen molar-refractivity contribution in [2.45, 2.75) is 66.8 Å². The SMILES string of the molecule is CC1(C)CC(NC(=O)C(C)(C)C(=O)O)CC(C)(C)C1. The summed E-state index contributed by atoms with van der Waals surface area (Å²) in [6.07, 6.45) is 2.92. The first kappa shape index (κ1) is 16.0. The second-order valence-corrected chi connectivity index (χ2v) is 8.01. The smallest absolute Gasteiger partial charge is 0.318 e. The summed E-state index contributed by atoms with van der Waals surface area (Å²) in [6, 6.07) is 0.0601. The minimum atomic E-state index is -1.37. The van der Waals surface area contributed by atoms with Gasteiger partial charge in [-0.3, -0.25) is 9.59 Å². The number of carboxylic acids is 1. The number of nitrogens with one attached hydrogen (secondary N) is 1. The van der Waals surface area contributed by atoms with Crippen molar-refractivity contribution in [3.05, 3.63) is 0 Å². The van der Waals surface area contributed by atoms with E-state index in [1.165, 1.54) is 13.8 Å². The van der Waals surface area contributed by atoms with E-state index in [0.29, 0.717) is 0 Å². The summed E-state index contributed by atoms with van der Waals surface area (Å²) in [6.45, 7) is 11.7. The number of carbonyl (C=O) groups excluding carboxylic acids is 1. The van der Waals surface area contributed by atoms with Crippen molar-refractivity contribution < 1.29 is 14.7 Å². The molecule has 0 aliphatic heterocycles. The normalized spacial score (nSPS) is 22.8. The van der Waals surface area contributed by atoms with Crippen LogP contribution >= 0.6 is 0 Å². The second kappa shape index (κ2) is 4.80. The Balaban J connectivity index is 2.77. The van der Waals surface area contributed by atoms with Crippen molar-refractivity contribution in [1.82, 2.24) is 5.32 Å². The Hall–Kier alpha value is -1.06. The number of aliphatic carboxylic acids is 1. The largest absolute Gasteiger partial charge is 0.480 e. The molecule has 2 N–H and O–H groups in total. The van der Waals surface area contributed by atoms with Gasteiger partial charge in [0.1, 0.15) is 5.41 Å². The van der Waals surface area contributed by atoms with Gasteiger partial charge in [0.25, 0.3) is 0 Å². The lowest BCUT2D eigenvalue weighted by atomic mass is 9.63. The van der Waals surface area contributed by atoms with Crippen LogP contribution in [0.5, 0.6) is 0 Å². The van der Waals surface area contributed by atoms with Crippen LogP contribution in [-0.2, 0) is 9.59 Å². The highest BCUT2D eigenvalue weighted by Gasteiger charge is 2.42. The third-order valence-corrected chi connectivity index (χ3v) is 3.99. The fraction of sp³-hybridized carbons (Fsp3) is 0.867. The highest BCUT2D eigenvalue weighted by molar-refractivity contribution is 6.01. The van der Waals surface area contributed by atoms with E-state index in [2.05, 4.69) is 33.0 Å². The molecule has 1 amide bonds. The standard InChI is InChI=1S/C15H27NO3/c1-13(2)7-10(8-14(3,4)9-13)16-11(17)15(5,6)12(18)19/h10H,7-9H2,1-6H3,(H,16,17)(H,18,19). The van der Waals surface area contributed by atoms with E-state index >= 15 is 0 Å². The van der Waals surface area contributed by atoms with E-state index in [9.17, 15) is 9.59 Å². The summed E-state index contributed by atoms with van der Waals surface area (Å²) in [5.74, 6) is -1.47. The maximum absolute atomic E-state index is 12.1. The van der Waals surface area contributed by atoms with Crippen LogP contribution < -0.4 is 5.32 Å². The maximum Gasteiger partial charge on any atom is 0.318 e. The lowest BCUT2D eigenvalue weighted by Gasteiger charge is -2.45. The first-order valence-electron chi connectivity index (χ1n) is 6.90. The van der Waals surface area contributed by atoms with Crippen LogP contribution in [0.2, 0.25) is 0 Å². The van der Waals surface area contributed by atoms with E-state index in [-0.39, 0.29) is 16.9 Å².